The largest absolute Gasteiger partial charge is 0.455 e. The Labute approximate surface area is 61.6 Å². The third-order valence-corrected chi connectivity index (χ3v) is 1.68. The lowest BCUT2D eigenvalue weighted by Crippen LogP contribution is -1.96. The van der Waals surface area contributed by atoms with Crippen molar-refractivity contribution < 1.29 is 9.53 Å². The molecule has 2 nitrogen and oxygen atoms in total. The molecule has 1 rings (SSSR count). The highest BCUT2D eigenvalue weighted by molar-refractivity contribution is 5.72. The molecule has 0 N–H and O–H groups in total. The zero-order chi connectivity index (χ0) is 7.40. The molecule has 1 heterocycles. The molecule has 1 fully saturated rings. The van der Waals surface area contributed by atoms with Crippen LogP contribution in [-0.2, 0) is 9.53 Å². The second kappa shape index (κ2) is 3.59. The molecule has 0 amide bonds. The van der Waals surface area contributed by atoms with E-state index in [1.165, 1.54) is 6.42 Å². The first-order valence-corrected chi connectivity index (χ1v) is 3.88. The van der Waals surface area contributed by atoms with Crippen LogP contribution in [0.25, 0.3) is 0 Å². The summed E-state index contributed by atoms with van der Waals surface area (Å²) >= 11 is 0. The van der Waals surface area contributed by atoms with Crippen LogP contribution in [0.5, 0.6) is 0 Å². The Kier molecular flexibility index (Phi) is 2.72. The standard InChI is InChI=1S/C8H13O2/c1-2-3-4-7-5-6-8(9)10-7/h2-6H2,1H3. The minimum Gasteiger partial charge on any atom is -0.455 e. The zero-order valence-corrected chi connectivity index (χ0v) is 6.35. The molecule has 0 aliphatic carbocycles. The normalized spacial score (nSPS) is 19.5. The maximum absolute atomic E-state index is 10.6. The lowest BCUT2D eigenvalue weighted by atomic mass is 10.1. The first kappa shape index (κ1) is 7.58. The molecule has 1 aliphatic rings. The molecular weight excluding hydrogens is 128 g/mol. The van der Waals surface area contributed by atoms with Crippen LogP contribution in [0.3, 0.4) is 0 Å². The summed E-state index contributed by atoms with van der Waals surface area (Å²) in [6.07, 6.45) is 5.73. The lowest BCUT2D eigenvalue weighted by Gasteiger charge is -2.04. The van der Waals surface area contributed by atoms with Crippen LogP contribution in [0.2, 0.25) is 0 Å². The predicted molar refractivity (Wildman–Crippen MR) is 38.1 cm³/mol. The van der Waals surface area contributed by atoms with E-state index < -0.39 is 0 Å². The van der Waals surface area contributed by atoms with Gasteiger partial charge in [0.25, 0.3) is 0 Å². The van der Waals surface area contributed by atoms with Crippen molar-refractivity contribution in [1.82, 2.24) is 0 Å². The molecule has 10 heavy (non-hydrogen) atoms. The van der Waals surface area contributed by atoms with Gasteiger partial charge in [-0.1, -0.05) is 13.3 Å². The molecule has 2 heteroatoms. The number of carbonyl (C=O) groups excluding carboxylic acids is 1. The van der Waals surface area contributed by atoms with Gasteiger partial charge in [0.1, 0.15) is 0 Å². The van der Waals surface area contributed by atoms with Crippen molar-refractivity contribution in [3.05, 3.63) is 6.10 Å². The van der Waals surface area contributed by atoms with Gasteiger partial charge in [0.2, 0.25) is 0 Å². The van der Waals surface area contributed by atoms with Crippen LogP contribution in [0.1, 0.15) is 39.0 Å². The van der Waals surface area contributed by atoms with Crippen LogP contribution in [0, 0.1) is 6.10 Å². The SMILES string of the molecule is CCCC[C]1CCC(=O)O1. The van der Waals surface area contributed by atoms with Gasteiger partial charge < -0.3 is 4.74 Å². The van der Waals surface area contributed by atoms with Crippen LogP contribution in [0.4, 0.5) is 0 Å². The number of carbonyl (C=O) groups is 1. The number of hydrogen-bond donors (Lipinski definition) is 0. The molecule has 0 unspecified atom stereocenters. The minimum atomic E-state index is -0.0499. The lowest BCUT2D eigenvalue weighted by molar-refractivity contribution is -0.137. The van der Waals surface area contributed by atoms with E-state index in [0.717, 1.165) is 25.4 Å². The number of rotatable bonds is 3. The number of unbranched alkanes of at least 4 members (excludes halogenated alkanes) is 1. The van der Waals surface area contributed by atoms with Gasteiger partial charge in [0.15, 0.2) is 6.10 Å². The second-order valence-corrected chi connectivity index (χ2v) is 2.62. The molecule has 0 bridgehead atoms. The summed E-state index contributed by atoms with van der Waals surface area (Å²) < 4.78 is 4.94. The molecule has 0 aromatic heterocycles. The number of hydrogen-bond acceptors (Lipinski definition) is 2. The Morgan fingerprint density at radius 2 is 2.30 bits per heavy atom. The maximum atomic E-state index is 10.6. The smallest absolute Gasteiger partial charge is 0.306 e. The Balaban J connectivity index is 2.12. The summed E-state index contributed by atoms with van der Waals surface area (Å²) in [5, 5.41) is 0. The van der Waals surface area contributed by atoms with E-state index in [-0.39, 0.29) is 5.97 Å². The molecule has 0 atom stereocenters. The average molecular weight is 141 g/mol. The van der Waals surface area contributed by atoms with E-state index in [0.29, 0.717) is 6.42 Å². The van der Waals surface area contributed by atoms with E-state index in [1.54, 1.807) is 0 Å². The van der Waals surface area contributed by atoms with E-state index in [1.807, 2.05) is 0 Å². The summed E-state index contributed by atoms with van der Waals surface area (Å²) in [6.45, 7) is 2.14. The van der Waals surface area contributed by atoms with Gasteiger partial charge in [-0.15, -0.1) is 0 Å². The fourth-order valence-corrected chi connectivity index (χ4v) is 1.05. The average Bonchev–Trinajstić information content (AvgIpc) is 2.31. The quantitative estimate of drug-likeness (QED) is 0.562. The van der Waals surface area contributed by atoms with Gasteiger partial charge in [-0.05, 0) is 12.8 Å². The van der Waals surface area contributed by atoms with Crippen molar-refractivity contribution in [2.75, 3.05) is 0 Å². The summed E-state index contributed by atoms with van der Waals surface area (Å²) in [4.78, 5) is 10.6. The zero-order valence-electron chi connectivity index (χ0n) is 6.35. The van der Waals surface area contributed by atoms with Gasteiger partial charge in [-0.25, -0.2) is 0 Å². The second-order valence-electron chi connectivity index (χ2n) is 2.62. The third-order valence-electron chi connectivity index (χ3n) is 1.68. The molecule has 1 aliphatic heterocycles. The Morgan fingerprint density at radius 1 is 1.50 bits per heavy atom. The minimum absolute atomic E-state index is 0.0499. The van der Waals surface area contributed by atoms with Crippen LogP contribution in [-0.4, -0.2) is 5.97 Å². The molecule has 0 spiro atoms. The molecule has 1 saturated heterocycles. The summed E-state index contributed by atoms with van der Waals surface area (Å²) in [7, 11) is 0. The summed E-state index contributed by atoms with van der Waals surface area (Å²) in [5.74, 6) is -0.0499. The van der Waals surface area contributed by atoms with Crippen molar-refractivity contribution >= 4 is 5.97 Å². The highest BCUT2D eigenvalue weighted by Gasteiger charge is 2.23. The molecule has 1 radical (unpaired) electrons. The molecule has 57 valence electrons. The van der Waals surface area contributed by atoms with Gasteiger partial charge >= 0.3 is 5.97 Å². The third kappa shape index (κ3) is 2.01. The monoisotopic (exact) mass is 141 g/mol. The molecular formula is C8H13O2. The Morgan fingerprint density at radius 3 is 2.80 bits per heavy atom. The Hall–Kier alpha value is -0.530. The van der Waals surface area contributed by atoms with Crippen LogP contribution < -0.4 is 0 Å². The number of esters is 1. The molecule has 0 aromatic carbocycles. The number of ether oxygens (including phenoxy) is 1. The van der Waals surface area contributed by atoms with Crippen molar-refractivity contribution in [1.29, 1.82) is 0 Å². The van der Waals surface area contributed by atoms with Gasteiger partial charge in [-0.3, -0.25) is 4.79 Å². The van der Waals surface area contributed by atoms with Crippen molar-refractivity contribution in [2.24, 2.45) is 0 Å². The topological polar surface area (TPSA) is 26.3 Å². The fourth-order valence-electron chi connectivity index (χ4n) is 1.05. The van der Waals surface area contributed by atoms with E-state index in [4.69, 9.17) is 4.74 Å². The number of cyclic esters (lactones) is 1. The summed E-state index contributed by atoms with van der Waals surface area (Å²) in [6, 6.07) is 0. The highest BCUT2D eigenvalue weighted by atomic mass is 16.5. The van der Waals surface area contributed by atoms with Crippen molar-refractivity contribution in [2.45, 2.75) is 39.0 Å². The van der Waals surface area contributed by atoms with Crippen LogP contribution in [0.15, 0.2) is 0 Å². The van der Waals surface area contributed by atoms with E-state index in [2.05, 4.69) is 6.92 Å². The van der Waals surface area contributed by atoms with Crippen molar-refractivity contribution in [3.63, 3.8) is 0 Å². The first-order chi connectivity index (χ1) is 4.83. The van der Waals surface area contributed by atoms with Crippen LogP contribution >= 0.6 is 0 Å². The molecule has 0 saturated carbocycles. The Bertz CT molecular complexity index is 120. The van der Waals surface area contributed by atoms with Gasteiger partial charge in [0, 0.05) is 12.8 Å². The summed E-state index contributed by atoms with van der Waals surface area (Å²) in [5.41, 5.74) is 0. The fraction of sp³-hybridized carbons (Fsp3) is 0.750. The van der Waals surface area contributed by atoms with E-state index >= 15 is 0 Å². The predicted octanol–water partition coefficient (Wildman–Crippen LogP) is 2.05. The van der Waals surface area contributed by atoms with Crippen molar-refractivity contribution in [3.8, 4) is 0 Å². The first-order valence-electron chi connectivity index (χ1n) is 3.88. The van der Waals surface area contributed by atoms with E-state index in [9.17, 15) is 4.79 Å². The highest BCUT2D eigenvalue weighted by Crippen LogP contribution is 2.25. The van der Waals surface area contributed by atoms with Gasteiger partial charge in [-0.2, -0.15) is 0 Å². The maximum Gasteiger partial charge on any atom is 0.306 e. The van der Waals surface area contributed by atoms with Gasteiger partial charge in [0.05, 0.1) is 0 Å². The molecule has 0 aromatic rings.